The second-order valence-corrected chi connectivity index (χ2v) is 4.54. The normalized spacial score (nSPS) is 12.9. The Morgan fingerprint density at radius 3 is 2.94 bits per heavy atom. The Morgan fingerprint density at radius 2 is 2.41 bits per heavy atom. The molecule has 2 aromatic heterocycles. The van der Waals surface area contributed by atoms with Crippen LogP contribution in [-0.2, 0) is 7.05 Å². The minimum atomic E-state index is -0.0284. The van der Waals surface area contributed by atoms with E-state index in [2.05, 4.69) is 38.5 Å². The molecule has 0 saturated carbocycles. The molecule has 6 heteroatoms. The van der Waals surface area contributed by atoms with E-state index in [0.717, 1.165) is 29.0 Å². The molecule has 0 saturated heterocycles. The van der Waals surface area contributed by atoms with E-state index in [4.69, 9.17) is 4.42 Å². The fourth-order valence-electron chi connectivity index (χ4n) is 1.72. The maximum Gasteiger partial charge on any atom is 0.153 e. The molecule has 17 heavy (non-hydrogen) atoms. The van der Waals surface area contributed by atoms with E-state index in [9.17, 15) is 0 Å². The lowest BCUT2D eigenvalue weighted by molar-refractivity contribution is 0.431. The monoisotopic (exact) mass is 298 g/mol. The number of hydrogen-bond acceptors (Lipinski definition) is 4. The van der Waals surface area contributed by atoms with Gasteiger partial charge < -0.3 is 9.73 Å². The Bertz CT molecular complexity index is 446. The first-order valence-corrected chi connectivity index (χ1v) is 6.35. The molecule has 1 unspecified atom stereocenters. The lowest BCUT2D eigenvalue weighted by Gasteiger charge is -2.16. The zero-order chi connectivity index (χ0) is 12.3. The lowest BCUT2D eigenvalue weighted by Crippen LogP contribution is -2.25. The third kappa shape index (κ3) is 2.58. The summed E-state index contributed by atoms with van der Waals surface area (Å²) >= 11 is 3.42. The lowest BCUT2D eigenvalue weighted by atomic mass is 10.1. The third-order valence-corrected chi connectivity index (χ3v) is 3.09. The molecule has 0 aliphatic carbocycles. The van der Waals surface area contributed by atoms with Crippen molar-refractivity contribution in [3.8, 4) is 0 Å². The van der Waals surface area contributed by atoms with E-state index >= 15 is 0 Å². The minimum absolute atomic E-state index is 0.0284. The van der Waals surface area contributed by atoms with Crippen molar-refractivity contribution in [3.05, 3.63) is 34.5 Å². The van der Waals surface area contributed by atoms with Crippen LogP contribution in [0.15, 0.2) is 27.4 Å². The summed E-state index contributed by atoms with van der Waals surface area (Å²) in [6.45, 7) is 3.03. The Labute approximate surface area is 108 Å². The Hall–Kier alpha value is -1.14. The van der Waals surface area contributed by atoms with E-state index < -0.39 is 0 Å². The molecule has 0 aliphatic heterocycles. The van der Waals surface area contributed by atoms with Gasteiger partial charge in [-0.25, -0.2) is 4.68 Å². The molecule has 0 radical (unpaired) electrons. The minimum Gasteiger partial charge on any atom is -0.467 e. The molecule has 1 atom stereocenters. The number of furan rings is 1. The topological polar surface area (TPSA) is 55.9 Å². The van der Waals surface area contributed by atoms with Crippen LogP contribution in [0.5, 0.6) is 0 Å². The van der Waals surface area contributed by atoms with Crippen molar-refractivity contribution in [2.75, 3.05) is 6.54 Å². The average Bonchev–Trinajstić information content (AvgIpc) is 2.93. The van der Waals surface area contributed by atoms with Crippen molar-refractivity contribution in [1.82, 2.24) is 20.3 Å². The SMILES string of the molecule is CCCNC(c1ccco1)c1c(Br)nnn1C. The highest BCUT2D eigenvalue weighted by molar-refractivity contribution is 9.10. The molecule has 0 aliphatic rings. The molecule has 2 aromatic rings. The summed E-state index contributed by atoms with van der Waals surface area (Å²) in [6, 6.07) is 3.81. The van der Waals surface area contributed by atoms with Crippen molar-refractivity contribution in [1.29, 1.82) is 0 Å². The van der Waals surface area contributed by atoms with Gasteiger partial charge in [-0.3, -0.25) is 0 Å². The largest absolute Gasteiger partial charge is 0.467 e. The van der Waals surface area contributed by atoms with E-state index in [0.29, 0.717) is 0 Å². The van der Waals surface area contributed by atoms with Gasteiger partial charge >= 0.3 is 0 Å². The first-order chi connectivity index (χ1) is 8.24. The van der Waals surface area contributed by atoms with Gasteiger partial charge in [0.15, 0.2) is 4.60 Å². The summed E-state index contributed by atoms with van der Waals surface area (Å²) in [5, 5.41) is 11.4. The zero-order valence-electron chi connectivity index (χ0n) is 9.85. The number of rotatable bonds is 5. The molecule has 0 fully saturated rings. The van der Waals surface area contributed by atoms with Crippen LogP contribution in [0.1, 0.15) is 30.8 Å². The Kier molecular flexibility index (Phi) is 3.96. The van der Waals surface area contributed by atoms with Crippen LogP contribution in [0.3, 0.4) is 0 Å². The number of aromatic nitrogens is 3. The fourth-order valence-corrected chi connectivity index (χ4v) is 2.28. The summed E-state index contributed by atoms with van der Waals surface area (Å²) in [5.41, 5.74) is 0.966. The highest BCUT2D eigenvalue weighted by atomic mass is 79.9. The van der Waals surface area contributed by atoms with Crippen LogP contribution >= 0.6 is 15.9 Å². The van der Waals surface area contributed by atoms with Gasteiger partial charge in [-0.05, 0) is 41.0 Å². The van der Waals surface area contributed by atoms with Gasteiger partial charge in [-0.15, -0.1) is 5.10 Å². The molecule has 1 N–H and O–H groups in total. The molecular formula is C11H15BrN4O. The van der Waals surface area contributed by atoms with Gasteiger partial charge in [0.1, 0.15) is 11.8 Å². The van der Waals surface area contributed by atoms with Crippen LogP contribution in [0.2, 0.25) is 0 Å². The standard InChI is InChI=1S/C11H15BrN4O/c1-3-6-13-9(8-5-4-7-17-8)10-11(12)14-15-16(10)2/h4-5,7,9,13H,3,6H2,1-2H3. The first kappa shape index (κ1) is 12.3. The second-order valence-electron chi connectivity index (χ2n) is 3.79. The van der Waals surface area contributed by atoms with Crippen molar-refractivity contribution >= 4 is 15.9 Å². The third-order valence-electron chi connectivity index (χ3n) is 2.53. The molecule has 0 bridgehead atoms. The number of nitrogens with one attached hydrogen (secondary N) is 1. The van der Waals surface area contributed by atoms with Crippen molar-refractivity contribution in [2.24, 2.45) is 7.05 Å². The zero-order valence-corrected chi connectivity index (χ0v) is 11.4. The number of hydrogen-bond donors (Lipinski definition) is 1. The van der Waals surface area contributed by atoms with Gasteiger partial charge in [0.2, 0.25) is 0 Å². The highest BCUT2D eigenvalue weighted by Crippen LogP contribution is 2.26. The molecule has 0 aromatic carbocycles. The highest BCUT2D eigenvalue weighted by Gasteiger charge is 2.23. The summed E-state index contributed by atoms with van der Waals surface area (Å²) in [4.78, 5) is 0. The van der Waals surface area contributed by atoms with E-state index in [1.54, 1.807) is 10.9 Å². The molecule has 2 rings (SSSR count). The maximum absolute atomic E-state index is 5.47. The maximum atomic E-state index is 5.47. The van der Waals surface area contributed by atoms with Crippen molar-refractivity contribution in [3.63, 3.8) is 0 Å². The molecular weight excluding hydrogens is 284 g/mol. The van der Waals surface area contributed by atoms with Gasteiger partial charge in [-0.1, -0.05) is 12.1 Å². The van der Waals surface area contributed by atoms with Crippen LogP contribution in [0, 0.1) is 0 Å². The van der Waals surface area contributed by atoms with E-state index in [-0.39, 0.29) is 6.04 Å². The van der Waals surface area contributed by atoms with Gasteiger partial charge in [-0.2, -0.15) is 0 Å². The average molecular weight is 299 g/mol. The van der Waals surface area contributed by atoms with Crippen LogP contribution in [0.25, 0.3) is 0 Å². The summed E-state index contributed by atoms with van der Waals surface area (Å²) in [5.74, 6) is 0.865. The summed E-state index contributed by atoms with van der Waals surface area (Å²) < 4.78 is 7.96. The smallest absolute Gasteiger partial charge is 0.153 e. The molecule has 5 nitrogen and oxygen atoms in total. The Balaban J connectivity index is 2.33. The molecule has 0 spiro atoms. The van der Waals surface area contributed by atoms with Crippen molar-refractivity contribution < 1.29 is 4.42 Å². The number of nitrogens with zero attached hydrogens (tertiary/aromatic N) is 3. The fraction of sp³-hybridized carbons (Fsp3) is 0.455. The number of aryl methyl sites for hydroxylation is 1. The summed E-state index contributed by atoms with van der Waals surface area (Å²) in [6.07, 6.45) is 2.73. The molecule has 92 valence electrons. The summed E-state index contributed by atoms with van der Waals surface area (Å²) in [7, 11) is 1.87. The first-order valence-electron chi connectivity index (χ1n) is 5.56. The molecule has 0 amide bonds. The Morgan fingerprint density at radius 1 is 1.59 bits per heavy atom. The van der Waals surface area contributed by atoms with Crippen molar-refractivity contribution in [2.45, 2.75) is 19.4 Å². The quantitative estimate of drug-likeness (QED) is 0.920. The van der Waals surface area contributed by atoms with Crippen LogP contribution in [-0.4, -0.2) is 21.5 Å². The second kappa shape index (κ2) is 5.46. The van der Waals surface area contributed by atoms with Crippen LogP contribution in [0.4, 0.5) is 0 Å². The van der Waals surface area contributed by atoms with Gasteiger partial charge in [0, 0.05) is 7.05 Å². The van der Waals surface area contributed by atoms with E-state index in [1.165, 1.54) is 0 Å². The van der Waals surface area contributed by atoms with E-state index in [1.807, 2.05) is 19.2 Å². The van der Waals surface area contributed by atoms with Gasteiger partial charge in [0.25, 0.3) is 0 Å². The van der Waals surface area contributed by atoms with Gasteiger partial charge in [0.05, 0.1) is 12.0 Å². The van der Waals surface area contributed by atoms with Crippen LogP contribution < -0.4 is 5.32 Å². The number of halogens is 1. The molecule has 2 heterocycles. The predicted octanol–water partition coefficient (Wildman–Crippen LogP) is 2.26. The predicted molar refractivity (Wildman–Crippen MR) is 67.5 cm³/mol.